The number of nitrogens with one attached hydrogen (secondary N) is 1. The molecule has 0 unspecified atom stereocenters. The standard InChI is InChI=1S/C15H19NO3/c1-11-5-6-13(8-14(11)15(17)18-2)16-9-12-4-3-7-19-10-12/h4-6,8,16H,3,7,9-10H2,1-2H3. The molecular formula is C15H19NO3. The largest absolute Gasteiger partial charge is 0.465 e. The van der Waals surface area contributed by atoms with Crippen LogP contribution < -0.4 is 5.32 Å². The molecule has 1 aromatic carbocycles. The van der Waals surface area contributed by atoms with Crippen molar-refractivity contribution in [3.63, 3.8) is 0 Å². The van der Waals surface area contributed by atoms with E-state index in [-0.39, 0.29) is 5.97 Å². The van der Waals surface area contributed by atoms with Gasteiger partial charge in [-0.25, -0.2) is 4.79 Å². The van der Waals surface area contributed by atoms with Gasteiger partial charge in [0.1, 0.15) is 0 Å². The third-order valence-electron chi connectivity index (χ3n) is 3.15. The van der Waals surface area contributed by atoms with Crippen LogP contribution in [-0.4, -0.2) is 32.8 Å². The zero-order valence-corrected chi connectivity index (χ0v) is 11.4. The highest BCUT2D eigenvalue weighted by atomic mass is 16.5. The van der Waals surface area contributed by atoms with Crippen molar-refractivity contribution < 1.29 is 14.3 Å². The van der Waals surface area contributed by atoms with E-state index in [1.165, 1.54) is 12.7 Å². The summed E-state index contributed by atoms with van der Waals surface area (Å²) in [5, 5.41) is 3.30. The van der Waals surface area contributed by atoms with Crippen LogP contribution in [0.2, 0.25) is 0 Å². The molecule has 0 radical (unpaired) electrons. The van der Waals surface area contributed by atoms with Crippen LogP contribution in [0.15, 0.2) is 29.8 Å². The molecule has 1 N–H and O–H groups in total. The summed E-state index contributed by atoms with van der Waals surface area (Å²) in [5.74, 6) is -0.304. The fourth-order valence-corrected chi connectivity index (χ4v) is 2.01. The second-order valence-electron chi connectivity index (χ2n) is 4.58. The first-order valence-corrected chi connectivity index (χ1v) is 6.39. The van der Waals surface area contributed by atoms with Gasteiger partial charge in [-0.15, -0.1) is 0 Å². The number of esters is 1. The predicted molar refractivity (Wildman–Crippen MR) is 74.5 cm³/mol. The molecular weight excluding hydrogens is 242 g/mol. The van der Waals surface area contributed by atoms with Gasteiger partial charge in [-0.1, -0.05) is 12.1 Å². The second kappa shape index (κ2) is 6.38. The van der Waals surface area contributed by atoms with Gasteiger partial charge in [-0.2, -0.15) is 0 Å². The SMILES string of the molecule is COC(=O)c1cc(NCC2=CCCOC2)ccc1C. The highest BCUT2D eigenvalue weighted by Crippen LogP contribution is 2.17. The summed E-state index contributed by atoms with van der Waals surface area (Å²) in [6.07, 6.45) is 3.17. The minimum Gasteiger partial charge on any atom is -0.465 e. The van der Waals surface area contributed by atoms with Crippen LogP contribution in [0.3, 0.4) is 0 Å². The lowest BCUT2D eigenvalue weighted by molar-refractivity contribution is 0.0600. The number of anilines is 1. The van der Waals surface area contributed by atoms with E-state index in [0.29, 0.717) is 12.2 Å². The number of hydrogen-bond donors (Lipinski definition) is 1. The van der Waals surface area contributed by atoms with Crippen LogP contribution in [0.5, 0.6) is 0 Å². The van der Waals surface area contributed by atoms with Gasteiger partial charge < -0.3 is 14.8 Å². The van der Waals surface area contributed by atoms with Crippen molar-refractivity contribution in [2.45, 2.75) is 13.3 Å². The molecule has 1 heterocycles. The smallest absolute Gasteiger partial charge is 0.338 e. The third-order valence-corrected chi connectivity index (χ3v) is 3.15. The topological polar surface area (TPSA) is 47.6 Å². The average Bonchev–Trinajstić information content (AvgIpc) is 2.46. The number of benzene rings is 1. The molecule has 0 saturated heterocycles. The molecule has 0 bridgehead atoms. The molecule has 1 aromatic rings. The van der Waals surface area contributed by atoms with Crippen LogP contribution in [0.4, 0.5) is 5.69 Å². The van der Waals surface area contributed by atoms with E-state index in [2.05, 4.69) is 11.4 Å². The van der Waals surface area contributed by atoms with Gasteiger partial charge in [-0.3, -0.25) is 0 Å². The van der Waals surface area contributed by atoms with E-state index in [0.717, 1.165) is 30.8 Å². The van der Waals surface area contributed by atoms with Gasteiger partial charge in [0.05, 0.1) is 25.9 Å². The first-order valence-electron chi connectivity index (χ1n) is 6.39. The molecule has 1 aliphatic rings. The van der Waals surface area contributed by atoms with Crippen molar-refractivity contribution in [1.29, 1.82) is 0 Å². The Bertz CT molecular complexity index is 494. The van der Waals surface area contributed by atoms with E-state index in [1.54, 1.807) is 0 Å². The molecule has 4 heteroatoms. The maximum atomic E-state index is 11.6. The predicted octanol–water partition coefficient (Wildman–Crippen LogP) is 2.54. The number of ether oxygens (including phenoxy) is 2. The first kappa shape index (κ1) is 13.6. The van der Waals surface area contributed by atoms with Crippen LogP contribution in [0.25, 0.3) is 0 Å². The Kier molecular flexibility index (Phi) is 4.58. The fraction of sp³-hybridized carbons (Fsp3) is 0.400. The molecule has 0 amide bonds. The summed E-state index contributed by atoms with van der Waals surface area (Å²) >= 11 is 0. The Morgan fingerprint density at radius 3 is 3.00 bits per heavy atom. The Morgan fingerprint density at radius 1 is 1.47 bits per heavy atom. The summed E-state index contributed by atoms with van der Waals surface area (Å²) in [5.41, 5.74) is 3.67. The van der Waals surface area contributed by atoms with Crippen molar-refractivity contribution in [2.75, 3.05) is 32.2 Å². The second-order valence-corrected chi connectivity index (χ2v) is 4.58. The number of rotatable bonds is 4. The van der Waals surface area contributed by atoms with Crippen molar-refractivity contribution in [1.82, 2.24) is 0 Å². The van der Waals surface area contributed by atoms with Gasteiger partial charge in [0.15, 0.2) is 0 Å². The summed E-state index contributed by atoms with van der Waals surface area (Å²) < 4.78 is 10.2. The van der Waals surface area contributed by atoms with Crippen molar-refractivity contribution >= 4 is 11.7 Å². The molecule has 1 aliphatic heterocycles. The van der Waals surface area contributed by atoms with E-state index < -0.39 is 0 Å². The lowest BCUT2D eigenvalue weighted by Gasteiger charge is -2.15. The zero-order valence-electron chi connectivity index (χ0n) is 11.4. The minimum absolute atomic E-state index is 0.304. The lowest BCUT2D eigenvalue weighted by Crippen LogP contribution is -2.14. The molecule has 102 valence electrons. The average molecular weight is 261 g/mol. The van der Waals surface area contributed by atoms with Gasteiger partial charge in [0.2, 0.25) is 0 Å². The molecule has 4 nitrogen and oxygen atoms in total. The lowest BCUT2D eigenvalue weighted by atomic mass is 10.1. The molecule has 19 heavy (non-hydrogen) atoms. The van der Waals surface area contributed by atoms with E-state index >= 15 is 0 Å². The molecule has 0 atom stereocenters. The Labute approximate surface area is 113 Å². The van der Waals surface area contributed by atoms with Crippen LogP contribution in [0, 0.1) is 6.92 Å². The molecule has 0 fully saturated rings. The number of carbonyl (C=O) groups excluding carboxylic acids is 1. The highest BCUT2D eigenvalue weighted by Gasteiger charge is 2.10. The first-order chi connectivity index (χ1) is 9.20. The molecule has 0 spiro atoms. The summed E-state index contributed by atoms with van der Waals surface area (Å²) in [4.78, 5) is 11.6. The quantitative estimate of drug-likeness (QED) is 0.668. The fourth-order valence-electron chi connectivity index (χ4n) is 2.01. The van der Waals surface area contributed by atoms with Gasteiger partial charge in [-0.05, 0) is 36.6 Å². The Balaban J connectivity index is 2.04. The zero-order chi connectivity index (χ0) is 13.7. The summed E-state index contributed by atoms with van der Waals surface area (Å²) in [7, 11) is 1.39. The molecule has 0 aromatic heterocycles. The van der Waals surface area contributed by atoms with Crippen LogP contribution in [0.1, 0.15) is 22.3 Å². The van der Waals surface area contributed by atoms with Crippen molar-refractivity contribution in [2.24, 2.45) is 0 Å². The Hall–Kier alpha value is -1.81. The van der Waals surface area contributed by atoms with Crippen LogP contribution in [-0.2, 0) is 9.47 Å². The minimum atomic E-state index is -0.304. The third kappa shape index (κ3) is 3.58. The van der Waals surface area contributed by atoms with E-state index in [1.807, 2.05) is 25.1 Å². The molecule has 0 aliphatic carbocycles. The monoisotopic (exact) mass is 261 g/mol. The summed E-state index contributed by atoms with van der Waals surface area (Å²) in [6.45, 7) is 4.13. The highest BCUT2D eigenvalue weighted by molar-refractivity contribution is 5.92. The maximum Gasteiger partial charge on any atom is 0.338 e. The Morgan fingerprint density at radius 2 is 2.32 bits per heavy atom. The number of aryl methyl sites for hydroxylation is 1. The molecule has 0 saturated carbocycles. The van der Waals surface area contributed by atoms with Crippen molar-refractivity contribution in [3.05, 3.63) is 41.0 Å². The van der Waals surface area contributed by atoms with Gasteiger partial charge in [0.25, 0.3) is 0 Å². The van der Waals surface area contributed by atoms with Crippen LogP contribution >= 0.6 is 0 Å². The summed E-state index contributed by atoms with van der Waals surface area (Å²) in [6, 6.07) is 5.71. The van der Waals surface area contributed by atoms with Gasteiger partial charge >= 0.3 is 5.97 Å². The normalized spacial score (nSPS) is 14.7. The van der Waals surface area contributed by atoms with Crippen molar-refractivity contribution in [3.8, 4) is 0 Å². The van der Waals surface area contributed by atoms with Gasteiger partial charge in [0, 0.05) is 12.2 Å². The molecule has 2 rings (SSSR count). The number of methoxy groups -OCH3 is 1. The van der Waals surface area contributed by atoms with E-state index in [9.17, 15) is 4.79 Å². The maximum absolute atomic E-state index is 11.6. The number of carbonyl (C=O) groups is 1. The van der Waals surface area contributed by atoms with E-state index in [4.69, 9.17) is 9.47 Å². The number of hydrogen-bond acceptors (Lipinski definition) is 4.